The van der Waals surface area contributed by atoms with Crippen LogP contribution in [0.3, 0.4) is 0 Å². The van der Waals surface area contributed by atoms with Crippen molar-refractivity contribution in [3.05, 3.63) is 70.3 Å². The number of halogens is 2. The van der Waals surface area contributed by atoms with Gasteiger partial charge in [0.1, 0.15) is 11.3 Å². The number of aromatic amines is 1. The highest BCUT2D eigenvalue weighted by molar-refractivity contribution is 5.75. The molecule has 0 radical (unpaired) electrons. The van der Waals surface area contributed by atoms with Gasteiger partial charge in [-0.2, -0.15) is 4.98 Å². The molecule has 30 heavy (non-hydrogen) atoms. The quantitative estimate of drug-likeness (QED) is 0.448. The number of nitrogens with zero attached hydrogens (tertiary/aromatic N) is 3. The van der Waals surface area contributed by atoms with Gasteiger partial charge >= 0.3 is 5.69 Å². The van der Waals surface area contributed by atoms with E-state index in [1.807, 2.05) is 0 Å². The fraction of sp³-hybridized carbons (Fsp3) is 0.150. The molecule has 1 aliphatic heterocycles. The van der Waals surface area contributed by atoms with Gasteiger partial charge in [0, 0.05) is 12.0 Å². The van der Waals surface area contributed by atoms with Crippen LogP contribution in [0.4, 0.5) is 26.1 Å². The molecule has 8 nitrogen and oxygen atoms in total. The molecule has 1 aliphatic rings. The molecule has 3 heterocycles. The fourth-order valence-electron chi connectivity index (χ4n) is 3.66. The predicted octanol–water partition coefficient (Wildman–Crippen LogP) is 3.10. The summed E-state index contributed by atoms with van der Waals surface area (Å²) in [6.45, 7) is 0.258. The van der Waals surface area contributed by atoms with E-state index < -0.39 is 23.4 Å². The van der Waals surface area contributed by atoms with Crippen LogP contribution < -0.4 is 21.5 Å². The number of nitrogens with two attached hydrogens (primary N) is 1. The number of anilines is 3. The Morgan fingerprint density at radius 3 is 3.00 bits per heavy atom. The SMILES string of the molecule is Nc1ccc(F)cc1Nc1ncc2[nH]c(=O)n(C3CCOc4c(F)cccc43)c2n1. The summed E-state index contributed by atoms with van der Waals surface area (Å²) in [5.41, 5.74) is 7.41. The molecule has 10 heteroatoms. The first-order chi connectivity index (χ1) is 14.5. The van der Waals surface area contributed by atoms with E-state index in [0.717, 1.165) is 0 Å². The van der Waals surface area contributed by atoms with Gasteiger partial charge in [-0.3, -0.25) is 4.57 Å². The lowest BCUT2D eigenvalue weighted by Gasteiger charge is -2.26. The Morgan fingerprint density at radius 2 is 2.13 bits per heavy atom. The van der Waals surface area contributed by atoms with Crippen LogP contribution in [-0.2, 0) is 0 Å². The van der Waals surface area contributed by atoms with Gasteiger partial charge < -0.3 is 20.8 Å². The zero-order valence-corrected chi connectivity index (χ0v) is 15.5. The van der Waals surface area contributed by atoms with Crippen LogP contribution >= 0.6 is 0 Å². The molecule has 0 saturated heterocycles. The number of imidazole rings is 1. The van der Waals surface area contributed by atoms with Crippen LogP contribution in [0.2, 0.25) is 0 Å². The monoisotopic (exact) mass is 410 g/mol. The van der Waals surface area contributed by atoms with Crippen LogP contribution in [0.1, 0.15) is 18.0 Å². The van der Waals surface area contributed by atoms with Crippen LogP contribution in [0.15, 0.2) is 47.4 Å². The first-order valence-electron chi connectivity index (χ1n) is 9.22. The Bertz CT molecular complexity index is 1330. The lowest BCUT2D eigenvalue weighted by atomic mass is 10.00. The molecule has 0 bridgehead atoms. The zero-order valence-electron chi connectivity index (χ0n) is 15.5. The maximum Gasteiger partial charge on any atom is 0.328 e. The second-order valence-corrected chi connectivity index (χ2v) is 6.90. The van der Waals surface area contributed by atoms with Gasteiger partial charge in [-0.15, -0.1) is 0 Å². The van der Waals surface area contributed by atoms with Crippen molar-refractivity contribution in [1.82, 2.24) is 19.5 Å². The molecule has 0 amide bonds. The summed E-state index contributed by atoms with van der Waals surface area (Å²) in [6, 6.07) is 8.04. The molecule has 0 fully saturated rings. The number of nitrogen functional groups attached to an aromatic ring is 1. The molecule has 2 aromatic carbocycles. The highest BCUT2D eigenvalue weighted by Gasteiger charge is 2.28. The number of nitrogens with one attached hydrogen (secondary N) is 2. The molecule has 5 rings (SSSR count). The molecule has 0 aliphatic carbocycles. The minimum atomic E-state index is -0.483. The number of fused-ring (bicyclic) bond motifs is 2. The highest BCUT2D eigenvalue weighted by Crippen LogP contribution is 2.37. The summed E-state index contributed by atoms with van der Waals surface area (Å²) >= 11 is 0. The predicted molar refractivity (Wildman–Crippen MR) is 107 cm³/mol. The van der Waals surface area contributed by atoms with E-state index in [1.54, 1.807) is 12.1 Å². The molecule has 4 N–H and O–H groups in total. The van der Waals surface area contributed by atoms with Crippen LogP contribution in [0, 0.1) is 11.6 Å². The first kappa shape index (κ1) is 18.1. The van der Waals surface area contributed by atoms with E-state index in [0.29, 0.717) is 34.5 Å². The maximum atomic E-state index is 14.2. The second kappa shape index (κ2) is 6.83. The molecule has 0 spiro atoms. The van der Waals surface area contributed by atoms with Crippen molar-refractivity contribution in [1.29, 1.82) is 0 Å². The second-order valence-electron chi connectivity index (χ2n) is 6.90. The third-order valence-electron chi connectivity index (χ3n) is 5.02. The topological polar surface area (TPSA) is 111 Å². The Balaban J connectivity index is 1.62. The van der Waals surface area contributed by atoms with Crippen molar-refractivity contribution in [3.8, 4) is 5.75 Å². The van der Waals surface area contributed by atoms with Crippen LogP contribution in [0.25, 0.3) is 11.2 Å². The number of hydrogen-bond donors (Lipinski definition) is 3. The summed E-state index contributed by atoms with van der Waals surface area (Å²) < 4.78 is 34.7. The smallest absolute Gasteiger partial charge is 0.328 e. The van der Waals surface area contributed by atoms with Crippen LogP contribution in [-0.4, -0.2) is 26.1 Å². The normalized spacial score (nSPS) is 15.6. The third-order valence-corrected chi connectivity index (χ3v) is 5.02. The molecule has 1 unspecified atom stereocenters. The summed E-state index contributed by atoms with van der Waals surface area (Å²) in [5, 5.41) is 2.87. The minimum absolute atomic E-state index is 0.134. The van der Waals surface area contributed by atoms with E-state index in [9.17, 15) is 13.6 Å². The molecular weight excluding hydrogens is 394 g/mol. The number of rotatable bonds is 3. The van der Waals surface area contributed by atoms with Crippen molar-refractivity contribution < 1.29 is 13.5 Å². The Kier molecular flexibility index (Phi) is 4.12. The standard InChI is InChI=1S/C20H16F2N6O2/c21-10-4-5-13(23)14(8-10)25-19-24-9-15-18(27-19)28(20(29)26-15)16-6-7-30-17-11(16)2-1-3-12(17)22/h1-5,8-9,16H,6-7,23H2,(H,26,29)(H,24,25,27). The lowest BCUT2D eigenvalue weighted by molar-refractivity contribution is 0.244. The summed E-state index contributed by atoms with van der Waals surface area (Å²) in [4.78, 5) is 24.0. The zero-order chi connectivity index (χ0) is 20.8. The van der Waals surface area contributed by atoms with Gasteiger partial charge in [0.25, 0.3) is 0 Å². The van der Waals surface area contributed by atoms with E-state index in [2.05, 4.69) is 20.3 Å². The lowest BCUT2D eigenvalue weighted by Crippen LogP contribution is -2.28. The van der Waals surface area contributed by atoms with E-state index in [-0.39, 0.29) is 18.3 Å². The van der Waals surface area contributed by atoms with E-state index >= 15 is 0 Å². The molecule has 4 aromatic rings. The number of hydrogen-bond acceptors (Lipinski definition) is 6. The molecule has 0 saturated carbocycles. The van der Waals surface area contributed by atoms with Gasteiger partial charge in [0.15, 0.2) is 17.2 Å². The Labute approximate surface area is 168 Å². The van der Waals surface area contributed by atoms with Crippen molar-refractivity contribution in [2.75, 3.05) is 17.7 Å². The molecule has 2 aromatic heterocycles. The van der Waals surface area contributed by atoms with Crippen molar-refractivity contribution in [2.45, 2.75) is 12.5 Å². The molecular formula is C20H16F2N6O2. The first-order valence-corrected chi connectivity index (χ1v) is 9.22. The van der Waals surface area contributed by atoms with Gasteiger partial charge in [-0.1, -0.05) is 12.1 Å². The van der Waals surface area contributed by atoms with Crippen molar-refractivity contribution in [3.63, 3.8) is 0 Å². The minimum Gasteiger partial charge on any atom is -0.490 e. The largest absolute Gasteiger partial charge is 0.490 e. The highest BCUT2D eigenvalue weighted by atomic mass is 19.1. The van der Waals surface area contributed by atoms with Gasteiger partial charge in [-0.25, -0.2) is 18.6 Å². The number of H-pyrrole nitrogens is 1. The van der Waals surface area contributed by atoms with Crippen molar-refractivity contribution >= 4 is 28.5 Å². The Morgan fingerprint density at radius 1 is 1.27 bits per heavy atom. The summed E-state index contributed by atoms with van der Waals surface area (Å²) in [5.74, 6) is -0.676. The average Bonchev–Trinajstić information content (AvgIpc) is 3.06. The van der Waals surface area contributed by atoms with Crippen molar-refractivity contribution in [2.24, 2.45) is 0 Å². The Hall–Kier alpha value is -3.95. The number of para-hydroxylation sites is 1. The molecule has 1 atom stereocenters. The third kappa shape index (κ3) is 2.93. The van der Waals surface area contributed by atoms with Crippen LogP contribution in [0.5, 0.6) is 5.75 Å². The summed E-state index contributed by atoms with van der Waals surface area (Å²) in [7, 11) is 0. The molecule has 152 valence electrons. The maximum absolute atomic E-state index is 14.2. The van der Waals surface area contributed by atoms with E-state index in [1.165, 1.54) is 35.0 Å². The van der Waals surface area contributed by atoms with Gasteiger partial charge in [-0.05, 0) is 24.3 Å². The average molecular weight is 410 g/mol. The van der Waals surface area contributed by atoms with E-state index in [4.69, 9.17) is 10.5 Å². The summed E-state index contributed by atoms with van der Waals surface area (Å²) in [6.07, 6.45) is 1.91. The van der Waals surface area contributed by atoms with Gasteiger partial charge in [0.05, 0.1) is 30.2 Å². The fourth-order valence-corrected chi connectivity index (χ4v) is 3.66. The van der Waals surface area contributed by atoms with Gasteiger partial charge in [0.2, 0.25) is 5.95 Å². The number of benzene rings is 2. The number of aromatic nitrogens is 4. The number of ether oxygens (including phenoxy) is 1.